The molecule has 0 N–H and O–H groups in total. The van der Waals surface area contributed by atoms with E-state index in [0.29, 0.717) is 12.1 Å². The summed E-state index contributed by atoms with van der Waals surface area (Å²) in [6, 6.07) is 9.66. The van der Waals surface area contributed by atoms with E-state index in [1.807, 2.05) is 6.07 Å². The molecule has 108 valence electrons. The second kappa shape index (κ2) is 8.21. The summed E-state index contributed by atoms with van der Waals surface area (Å²) in [5.41, 5.74) is 1.37. The minimum atomic E-state index is 0.491. The zero-order valence-electron chi connectivity index (χ0n) is 13.1. The van der Waals surface area contributed by atoms with Crippen LogP contribution in [-0.4, -0.2) is 25.1 Å². The largest absolute Gasteiger partial charge is 0.497 e. The Hall–Kier alpha value is -1.02. The fourth-order valence-corrected chi connectivity index (χ4v) is 2.85. The van der Waals surface area contributed by atoms with Gasteiger partial charge in [0.2, 0.25) is 0 Å². The van der Waals surface area contributed by atoms with Crippen molar-refractivity contribution in [2.45, 2.75) is 58.5 Å². The summed E-state index contributed by atoms with van der Waals surface area (Å²) in [5.74, 6) is 0.955. The number of ether oxygens (including phenoxy) is 1. The zero-order valence-corrected chi connectivity index (χ0v) is 13.1. The van der Waals surface area contributed by atoms with E-state index in [2.05, 4.69) is 50.9 Å². The summed E-state index contributed by atoms with van der Waals surface area (Å²) in [6.07, 6.45) is 4.81. The van der Waals surface area contributed by atoms with Crippen LogP contribution in [0.3, 0.4) is 0 Å². The Morgan fingerprint density at radius 2 is 1.84 bits per heavy atom. The Kier molecular flexibility index (Phi) is 6.93. The molecule has 1 rings (SSSR count). The first kappa shape index (κ1) is 16.0. The van der Waals surface area contributed by atoms with Crippen molar-refractivity contribution in [3.63, 3.8) is 0 Å². The van der Waals surface area contributed by atoms with E-state index < -0.39 is 0 Å². The van der Waals surface area contributed by atoms with Gasteiger partial charge in [-0.25, -0.2) is 0 Å². The molecule has 1 aromatic carbocycles. The summed E-state index contributed by atoms with van der Waals surface area (Å²) < 4.78 is 5.36. The molecule has 1 unspecified atom stereocenters. The maximum absolute atomic E-state index is 5.36. The standard InChI is InChI=1S/C17H29NO/c1-6-10-17(18(4)15(7-2)8-3)14-11-9-12-16(13-14)19-5/h9,11-13,15,17H,6-8,10H2,1-5H3. The Morgan fingerprint density at radius 3 is 2.37 bits per heavy atom. The van der Waals surface area contributed by atoms with E-state index in [4.69, 9.17) is 4.74 Å². The molecule has 0 heterocycles. The number of benzene rings is 1. The average Bonchev–Trinajstić information content (AvgIpc) is 2.46. The molecule has 0 spiro atoms. The van der Waals surface area contributed by atoms with Gasteiger partial charge in [0.15, 0.2) is 0 Å². The molecule has 0 fully saturated rings. The lowest BCUT2D eigenvalue weighted by atomic mass is 9.98. The summed E-state index contributed by atoms with van der Waals surface area (Å²) in [4.78, 5) is 2.54. The van der Waals surface area contributed by atoms with Crippen molar-refractivity contribution in [1.82, 2.24) is 4.90 Å². The van der Waals surface area contributed by atoms with E-state index >= 15 is 0 Å². The van der Waals surface area contributed by atoms with Crippen molar-refractivity contribution in [2.75, 3.05) is 14.2 Å². The molecule has 0 bridgehead atoms. The van der Waals surface area contributed by atoms with Gasteiger partial charge >= 0.3 is 0 Å². The number of rotatable bonds is 8. The quantitative estimate of drug-likeness (QED) is 0.676. The van der Waals surface area contributed by atoms with Crippen LogP contribution in [0.5, 0.6) is 5.75 Å². The van der Waals surface area contributed by atoms with E-state index in [9.17, 15) is 0 Å². The minimum absolute atomic E-state index is 0.491. The van der Waals surface area contributed by atoms with Gasteiger partial charge in [-0.15, -0.1) is 0 Å². The summed E-state index contributed by atoms with van der Waals surface area (Å²) in [5, 5.41) is 0. The Labute approximate surface area is 118 Å². The molecule has 1 atom stereocenters. The lowest BCUT2D eigenvalue weighted by Crippen LogP contribution is -2.34. The van der Waals surface area contributed by atoms with Gasteiger partial charge in [-0.05, 0) is 44.0 Å². The number of hydrogen-bond donors (Lipinski definition) is 0. The predicted octanol–water partition coefficient (Wildman–Crippen LogP) is 4.66. The van der Waals surface area contributed by atoms with Crippen LogP contribution in [0, 0.1) is 0 Å². The van der Waals surface area contributed by atoms with E-state index in [1.165, 1.54) is 31.2 Å². The first-order valence-corrected chi connectivity index (χ1v) is 7.53. The predicted molar refractivity (Wildman–Crippen MR) is 82.8 cm³/mol. The molecule has 0 saturated carbocycles. The smallest absolute Gasteiger partial charge is 0.119 e. The van der Waals surface area contributed by atoms with E-state index in [0.717, 1.165) is 5.75 Å². The van der Waals surface area contributed by atoms with Gasteiger partial charge in [0, 0.05) is 12.1 Å². The lowest BCUT2D eigenvalue weighted by molar-refractivity contribution is 0.155. The number of hydrogen-bond acceptors (Lipinski definition) is 2. The molecule has 0 aliphatic carbocycles. The van der Waals surface area contributed by atoms with Crippen LogP contribution in [0.4, 0.5) is 0 Å². The van der Waals surface area contributed by atoms with Gasteiger partial charge in [0.05, 0.1) is 7.11 Å². The fourth-order valence-electron chi connectivity index (χ4n) is 2.85. The maximum Gasteiger partial charge on any atom is 0.119 e. The topological polar surface area (TPSA) is 12.5 Å². The highest BCUT2D eigenvalue weighted by Crippen LogP contribution is 2.30. The van der Waals surface area contributed by atoms with Crippen molar-refractivity contribution >= 4 is 0 Å². The highest BCUT2D eigenvalue weighted by molar-refractivity contribution is 5.30. The second-order valence-electron chi connectivity index (χ2n) is 5.22. The number of methoxy groups -OCH3 is 1. The van der Waals surface area contributed by atoms with Gasteiger partial charge in [-0.3, -0.25) is 4.90 Å². The highest BCUT2D eigenvalue weighted by Gasteiger charge is 2.21. The Bertz CT molecular complexity index is 360. The minimum Gasteiger partial charge on any atom is -0.497 e. The molecular weight excluding hydrogens is 234 g/mol. The first-order chi connectivity index (χ1) is 9.17. The highest BCUT2D eigenvalue weighted by atomic mass is 16.5. The lowest BCUT2D eigenvalue weighted by Gasteiger charge is -2.34. The van der Waals surface area contributed by atoms with Gasteiger partial charge in [-0.2, -0.15) is 0 Å². The molecule has 2 nitrogen and oxygen atoms in total. The van der Waals surface area contributed by atoms with Crippen molar-refractivity contribution < 1.29 is 4.74 Å². The van der Waals surface area contributed by atoms with Crippen LogP contribution >= 0.6 is 0 Å². The molecule has 0 radical (unpaired) electrons. The molecule has 0 saturated heterocycles. The third kappa shape index (κ3) is 4.24. The third-order valence-corrected chi connectivity index (χ3v) is 4.05. The van der Waals surface area contributed by atoms with Crippen LogP contribution in [0.25, 0.3) is 0 Å². The molecule has 2 heteroatoms. The van der Waals surface area contributed by atoms with Crippen LogP contribution < -0.4 is 4.74 Å². The molecule has 1 aromatic rings. The maximum atomic E-state index is 5.36. The van der Waals surface area contributed by atoms with Gasteiger partial charge in [0.25, 0.3) is 0 Å². The van der Waals surface area contributed by atoms with Crippen LogP contribution in [0.2, 0.25) is 0 Å². The molecular formula is C17H29NO. The molecule has 0 aliphatic rings. The summed E-state index contributed by atoms with van der Waals surface area (Å²) in [7, 11) is 4.00. The third-order valence-electron chi connectivity index (χ3n) is 4.05. The second-order valence-corrected chi connectivity index (χ2v) is 5.22. The van der Waals surface area contributed by atoms with Crippen molar-refractivity contribution in [2.24, 2.45) is 0 Å². The normalized spacial score (nSPS) is 13.0. The van der Waals surface area contributed by atoms with Crippen LogP contribution in [0.15, 0.2) is 24.3 Å². The Morgan fingerprint density at radius 1 is 1.16 bits per heavy atom. The molecule has 0 aromatic heterocycles. The zero-order chi connectivity index (χ0) is 14.3. The first-order valence-electron chi connectivity index (χ1n) is 7.53. The summed E-state index contributed by atoms with van der Waals surface area (Å²) >= 11 is 0. The van der Waals surface area contributed by atoms with Gasteiger partial charge in [-0.1, -0.05) is 39.3 Å². The van der Waals surface area contributed by atoms with Gasteiger partial charge in [0.1, 0.15) is 5.75 Å². The molecule has 0 aliphatic heterocycles. The fraction of sp³-hybridized carbons (Fsp3) is 0.647. The Balaban J connectivity index is 2.97. The molecule has 0 amide bonds. The van der Waals surface area contributed by atoms with Crippen LogP contribution in [-0.2, 0) is 0 Å². The number of nitrogens with zero attached hydrogens (tertiary/aromatic N) is 1. The monoisotopic (exact) mass is 263 g/mol. The van der Waals surface area contributed by atoms with Crippen molar-refractivity contribution in [3.8, 4) is 5.75 Å². The summed E-state index contributed by atoms with van der Waals surface area (Å²) in [6.45, 7) is 6.81. The van der Waals surface area contributed by atoms with E-state index in [-0.39, 0.29) is 0 Å². The van der Waals surface area contributed by atoms with Crippen molar-refractivity contribution in [3.05, 3.63) is 29.8 Å². The SMILES string of the molecule is CCCC(c1cccc(OC)c1)N(C)C(CC)CC. The van der Waals surface area contributed by atoms with E-state index in [1.54, 1.807) is 7.11 Å². The van der Waals surface area contributed by atoms with Crippen molar-refractivity contribution in [1.29, 1.82) is 0 Å². The van der Waals surface area contributed by atoms with Gasteiger partial charge < -0.3 is 4.74 Å². The molecule has 19 heavy (non-hydrogen) atoms. The average molecular weight is 263 g/mol. The van der Waals surface area contributed by atoms with Crippen LogP contribution in [0.1, 0.15) is 58.1 Å².